The van der Waals surface area contributed by atoms with E-state index in [0.29, 0.717) is 24.8 Å². The highest BCUT2D eigenvalue weighted by atomic mass is 16.5. The molecule has 0 fully saturated rings. The van der Waals surface area contributed by atoms with Crippen molar-refractivity contribution >= 4 is 22.9 Å². The van der Waals surface area contributed by atoms with E-state index in [1.165, 1.54) is 11.1 Å². The number of nitrogens with one attached hydrogen (secondary N) is 1. The van der Waals surface area contributed by atoms with Crippen molar-refractivity contribution in [1.82, 2.24) is 14.5 Å². The summed E-state index contributed by atoms with van der Waals surface area (Å²) >= 11 is 0. The Balaban J connectivity index is 1.46. The summed E-state index contributed by atoms with van der Waals surface area (Å²) in [5, 5.41) is 2.99. The van der Waals surface area contributed by atoms with Gasteiger partial charge in [0.05, 0.1) is 31.8 Å². The van der Waals surface area contributed by atoms with Crippen LogP contribution in [0.15, 0.2) is 36.4 Å². The van der Waals surface area contributed by atoms with Crippen molar-refractivity contribution in [2.24, 2.45) is 0 Å². The Labute approximate surface area is 170 Å². The van der Waals surface area contributed by atoms with Crippen molar-refractivity contribution in [3.63, 3.8) is 0 Å². The molecule has 0 unspecified atom stereocenters. The quantitative estimate of drug-likeness (QED) is 0.696. The average molecular weight is 394 g/mol. The Morgan fingerprint density at radius 1 is 1.14 bits per heavy atom. The highest BCUT2D eigenvalue weighted by molar-refractivity contribution is 5.92. The van der Waals surface area contributed by atoms with Gasteiger partial charge in [0.2, 0.25) is 11.9 Å². The number of hydrogen-bond donors (Lipinski definition) is 1. The van der Waals surface area contributed by atoms with Crippen molar-refractivity contribution in [3.8, 4) is 11.5 Å². The number of benzene rings is 2. The number of aryl methyl sites for hydroxylation is 1. The van der Waals surface area contributed by atoms with Gasteiger partial charge in [-0.3, -0.25) is 15.0 Å². The van der Waals surface area contributed by atoms with Gasteiger partial charge in [0.15, 0.2) is 11.5 Å². The zero-order chi connectivity index (χ0) is 20.4. The number of carbonyl (C=O) groups is 1. The van der Waals surface area contributed by atoms with Crippen LogP contribution in [0.1, 0.15) is 18.1 Å². The van der Waals surface area contributed by atoms with Gasteiger partial charge in [0.1, 0.15) is 0 Å². The maximum absolute atomic E-state index is 12.7. The molecule has 0 saturated heterocycles. The minimum absolute atomic E-state index is 0.0565. The zero-order valence-electron chi connectivity index (χ0n) is 17.1. The summed E-state index contributed by atoms with van der Waals surface area (Å²) in [6.07, 6.45) is 0.871. The van der Waals surface area contributed by atoms with Crippen LogP contribution in [0.2, 0.25) is 0 Å². The smallest absolute Gasteiger partial charge is 0.240 e. The topological polar surface area (TPSA) is 68.6 Å². The van der Waals surface area contributed by atoms with Gasteiger partial charge in [-0.1, -0.05) is 12.1 Å². The molecule has 29 heavy (non-hydrogen) atoms. The second-order valence-corrected chi connectivity index (χ2v) is 7.15. The predicted molar refractivity (Wildman–Crippen MR) is 113 cm³/mol. The normalized spacial score (nSPS) is 13.9. The number of hydrogen-bond acceptors (Lipinski definition) is 5. The van der Waals surface area contributed by atoms with Crippen molar-refractivity contribution < 1.29 is 14.3 Å². The molecule has 0 saturated carbocycles. The number of anilines is 1. The molecule has 0 atom stereocenters. The number of imidazole rings is 1. The molecule has 4 rings (SSSR count). The summed E-state index contributed by atoms with van der Waals surface area (Å²) in [4.78, 5) is 19.4. The van der Waals surface area contributed by atoms with Crippen molar-refractivity contribution in [3.05, 3.63) is 47.5 Å². The molecular weight excluding hydrogens is 368 g/mol. The van der Waals surface area contributed by atoms with Crippen molar-refractivity contribution in [1.29, 1.82) is 0 Å². The lowest BCUT2D eigenvalue weighted by Gasteiger charge is -2.29. The highest BCUT2D eigenvalue weighted by Crippen LogP contribution is 2.33. The molecular formula is C22H26N4O3. The first-order chi connectivity index (χ1) is 14.1. The molecule has 0 spiro atoms. The fourth-order valence-electron chi connectivity index (χ4n) is 3.93. The van der Waals surface area contributed by atoms with Crippen LogP contribution < -0.4 is 14.8 Å². The van der Waals surface area contributed by atoms with E-state index in [1.807, 2.05) is 47.9 Å². The number of methoxy groups -OCH3 is 2. The van der Waals surface area contributed by atoms with Crippen LogP contribution in [0.25, 0.3) is 11.0 Å². The van der Waals surface area contributed by atoms with Crippen LogP contribution in [0.4, 0.5) is 5.95 Å². The molecule has 1 aliphatic heterocycles. The minimum atomic E-state index is -0.0565. The Morgan fingerprint density at radius 2 is 1.86 bits per heavy atom. The highest BCUT2D eigenvalue weighted by Gasteiger charge is 2.22. The zero-order valence-corrected chi connectivity index (χ0v) is 17.1. The molecule has 0 bridgehead atoms. The van der Waals surface area contributed by atoms with Gasteiger partial charge in [0, 0.05) is 19.6 Å². The molecule has 0 radical (unpaired) electrons. The number of amides is 1. The molecule has 0 aliphatic carbocycles. The maximum atomic E-state index is 12.7. The molecule has 7 nitrogen and oxygen atoms in total. The second-order valence-electron chi connectivity index (χ2n) is 7.15. The standard InChI is InChI=1S/C22H26N4O3/c1-4-26-18-8-6-5-7-17(18)23-22(26)24-21(27)14-25-10-9-15-11-19(28-2)20(29-3)12-16(15)13-25/h5-8,11-12H,4,9-10,13-14H2,1-3H3,(H,23,24,27). The molecule has 1 N–H and O–H groups in total. The molecule has 2 aromatic carbocycles. The number of para-hydroxylation sites is 2. The van der Waals surface area contributed by atoms with Crippen LogP contribution in [-0.4, -0.2) is 47.7 Å². The summed E-state index contributed by atoms with van der Waals surface area (Å²) in [7, 11) is 3.28. The first-order valence-electron chi connectivity index (χ1n) is 9.84. The summed E-state index contributed by atoms with van der Waals surface area (Å²) in [5.74, 6) is 2.01. The van der Waals surface area contributed by atoms with Crippen LogP contribution in [0, 0.1) is 0 Å². The van der Waals surface area contributed by atoms with E-state index < -0.39 is 0 Å². The second kappa shape index (κ2) is 8.13. The predicted octanol–water partition coefficient (Wildman–Crippen LogP) is 3.07. The van der Waals surface area contributed by atoms with Crippen LogP contribution in [0.3, 0.4) is 0 Å². The van der Waals surface area contributed by atoms with Gasteiger partial charge in [-0.2, -0.15) is 0 Å². The van der Waals surface area contributed by atoms with Crippen molar-refractivity contribution in [2.75, 3.05) is 32.6 Å². The monoisotopic (exact) mass is 394 g/mol. The molecule has 1 aromatic heterocycles. The Morgan fingerprint density at radius 3 is 2.59 bits per heavy atom. The molecule has 2 heterocycles. The third kappa shape index (κ3) is 3.78. The number of fused-ring (bicyclic) bond motifs is 2. The van der Waals surface area contributed by atoms with E-state index in [9.17, 15) is 4.79 Å². The molecule has 1 aliphatic rings. The first-order valence-corrected chi connectivity index (χ1v) is 9.84. The van der Waals surface area contributed by atoms with Gasteiger partial charge >= 0.3 is 0 Å². The molecule has 3 aromatic rings. The fourth-order valence-corrected chi connectivity index (χ4v) is 3.93. The van der Waals surface area contributed by atoms with E-state index in [4.69, 9.17) is 9.47 Å². The van der Waals surface area contributed by atoms with E-state index >= 15 is 0 Å². The summed E-state index contributed by atoms with van der Waals surface area (Å²) < 4.78 is 12.8. The number of carbonyl (C=O) groups excluding carboxylic acids is 1. The Kier molecular flexibility index (Phi) is 5.40. The van der Waals surface area contributed by atoms with Crippen LogP contribution in [0.5, 0.6) is 11.5 Å². The first kappa shape index (κ1) is 19.3. The summed E-state index contributed by atoms with van der Waals surface area (Å²) in [6, 6.07) is 12.0. The van der Waals surface area contributed by atoms with Crippen molar-refractivity contribution in [2.45, 2.75) is 26.4 Å². The third-order valence-corrected chi connectivity index (χ3v) is 5.39. The lowest BCUT2D eigenvalue weighted by atomic mass is 9.99. The van der Waals surface area contributed by atoms with E-state index in [1.54, 1.807) is 14.2 Å². The minimum Gasteiger partial charge on any atom is -0.493 e. The average Bonchev–Trinajstić information content (AvgIpc) is 3.09. The van der Waals surface area contributed by atoms with Gasteiger partial charge in [-0.15, -0.1) is 0 Å². The lowest BCUT2D eigenvalue weighted by molar-refractivity contribution is -0.117. The van der Waals surface area contributed by atoms with Crippen LogP contribution in [-0.2, 0) is 24.3 Å². The molecule has 1 amide bonds. The lowest BCUT2D eigenvalue weighted by Crippen LogP contribution is -2.37. The Hall–Kier alpha value is -3.06. The number of rotatable bonds is 6. The van der Waals surface area contributed by atoms with E-state index in [2.05, 4.69) is 15.2 Å². The van der Waals surface area contributed by atoms with Gasteiger partial charge < -0.3 is 14.0 Å². The largest absolute Gasteiger partial charge is 0.493 e. The summed E-state index contributed by atoms with van der Waals surface area (Å²) in [6.45, 7) is 4.63. The van der Waals surface area contributed by atoms with Gasteiger partial charge in [0.25, 0.3) is 0 Å². The Bertz CT molecular complexity index is 1040. The van der Waals surface area contributed by atoms with E-state index in [0.717, 1.165) is 36.3 Å². The number of aromatic nitrogens is 2. The SMILES string of the molecule is CCn1c(NC(=O)CN2CCc3cc(OC)c(OC)cc3C2)nc2ccccc21. The van der Waals surface area contributed by atoms with E-state index in [-0.39, 0.29) is 5.91 Å². The van der Waals surface area contributed by atoms with Gasteiger partial charge in [-0.05, 0) is 48.7 Å². The number of ether oxygens (including phenoxy) is 2. The van der Waals surface area contributed by atoms with Gasteiger partial charge in [-0.25, -0.2) is 4.98 Å². The molecule has 7 heteroatoms. The number of nitrogens with zero attached hydrogens (tertiary/aromatic N) is 3. The summed E-state index contributed by atoms with van der Waals surface area (Å²) in [5.41, 5.74) is 4.32. The van der Waals surface area contributed by atoms with Crippen LogP contribution >= 0.6 is 0 Å². The third-order valence-electron chi connectivity index (χ3n) is 5.39. The molecule has 152 valence electrons. The maximum Gasteiger partial charge on any atom is 0.240 e. The fraction of sp³-hybridized carbons (Fsp3) is 0.364.